The Kier molecular flexibility index (Phi) is 10.5. The lowest BCUT2D eigenvalue weighted by Crippen LogP contribution is -2.46. The van der Waals surface area contributed by atoms with Crippen LogP contribution in [0.15, 0.2) is 42.5 Å². The molecule has 2 fully saturated rings. The molecule has 10 nitrogen and oxygen atoms in total. The van der Waals surface area contributed by atoms with Crippen LogP contribution in [0.4, 0.5) is 26.3 Å². The average Bonchev–Trinajstić information content (AvgIpc) is 3.69. The molecule has 1 N–H and O–H groups in total. The number of morpholine rings is 1. The Bertz CT molecular complexity index is 2680. The number of sulfone groups is 1. The Hall–Kier alpha value is -4.76. The minimum Gasteiger partial charge on any atom is -0.360 e. The summed E-state index contributed by atoms with van der Waals surface area (Å²) in [4.78, 5) is 19.1. The smallest absolute Gasteiger partial charge is 0.293 e. The van der Waals surface area contributed by atoms with Crippen LogP contribution in [-0.4, -0.2) is 70.3 Å². The number of nitrogens with one attached hydrogen (secondary N) is 1. The molecule has 0 bridgehead atoms. The van der Waals surface area contributed by atoms with Gasteiger partial charge in [-0.2, -0.15) is 19.0 Å². The summed E-state index contributed by atoms with van der Waals surface area (Å²) >= 11 is 6.67. The van der Waals surface area contributed by atoms with Crippen molar-refractivity contribution < 1.29 is 44.3 Å². The third kappa shape index (κ3) is 7.99. The normalized spacial score (nSPS) is 21.3. The van der Waals surface area contributed by atoms with Gasteiger partial charge < -0.3 is 10.1 Å². The molecule has 1 saturated heterocycles. The van der Waals surface area contributed by atoms with E-state index < -0.39 is 93.1 Å². The second-order valence-corrected chi connectivity index (χ2v) is 18.2. The summed E-state index contributed by atoms with van der Waals surface area (Å²) in [6, 6.07) is 9.43. The highest BCUT2D eigenvalue weighted by atomic mass is 35.5. The minimum absolute atomic E-state index is 0.0471. The largest absolute Gasteiger partial charge is 0.360 e. The Morgan fingerprint density at radius 3 is 2.49 bits per heavy atom. The van der Waals surface area contributed by atoms with Crippen LogP contribution in [0, 0.1) is 29.4 Å². The van der Waals surface area contributed by atoms with E-state index in [0.29, 0.717) is 52.5 Å². The number of ketones is 1. The van der Waals surface area contributed by atoms with Gasteiger partial charge in [0.15, 0.2) is 15.6 Å². The fraction of sp³-hybridized carbons (Fsp3) is 0.415. The first kappa shape index (κ1) is 41.0. The number of fused-ring (bicyclic) bond motifs is 4. The molecule has 4 heterocycles. The van der Waals surface area contributed by atoms with E-state index in [1.54, 1.807) is 38.2 Å². The van der Waals surface area contributed by atoms with Crippen molar-refractivity contribution in [1.82, 2.24) is 29.9 Å². The number of carbonyl (C=O) groups is 1. The van der Waals surface area contributed by atoms with E-state index in [9.17, 15) is 30.8 Å². The number of nitrogens with zero attached hydrogens (tertiary/aromatic N) is 5. The molecular weight excluding hydrogens is 822 g/mol. The fourth-order valence-corrected chi connectivity index (χ4v) is 9.43. The van der Waals surface area contributed by atoms with Crippen LogP contribution in [-0.2, 0) is 51.1 Å². The van der Waals surface area contributed by atoms with Gasteiger partial charge in [0.1, 0.15) is 40.9 Å². The maximum Gasteiger partial charge on any atom is 0.293 e. The van der Waals surface area contributed by atoms with Crippen LogP contribution in [0.3, 0.4) is 0 Å². The van der Waals surface area contributed by atoms with Crippen LogP contribution in [0.25, 0.3) is 22.0 Å². The molecule has 0 amide bonds. The summed E-state index contributed by atoms with van der Waals surface area (Å²) in [5, 5.41) is 12.1. The molecule has 3 aromatic heterocycles. The van der Waals surface area contributed by atoms with Crippen molar-refractivity contribution in [2.75, 3.05) is 26.0 Å². The summed E-state index contributed by atoms with van der Waals surface area (Å²) in [5.74, 6) is -3.12. The van der Waals surface area contributed by atoms with Crippen molar-refractivity contribution in [2.45, 2.75) is 68.3 Å². The molecular formula is C41H37ClF6N6O4S. The number of alkyl halides is 4. The molecule has 0 radical (unpaired) electrons. The third-order valence-corrected chi connectivity index (χ3v) is 12.1. The number of rotatable bonds is 11. The highest BCUT2D eigenvalue weighted by molar-refractivity contribution is 7.89. The van der Waals surface area contributed by atoms with Gasteiger partial charge in [-0.1, -0.05) is 23.6 Å². The van der Waals surface area contributed by atoms with E-state index in [2.05, 4.69) is 27.4 Å². The predicted octanol–water partition coefficient (Wildman–Crippen LogP) is 7.17. The molecule has 310 valence electrons. The van der Waals surface area contributed by atoms with Gasteiger partial charge in [0.25, 0.3) is 12.3 Å². The second kappa shape index (κ2) is 15.1. The monoisotopic (exact) mass is 858 g/mol. The van der Waals surface area contributed by atoms with Gasteiger partial charge in [0, 0.05) is 72.8 Å². The van der Waals surface area contributed by atoms with Gasteiger partial charge in [-0.15, -0.1) is 0 Å². The van der Waals surface area contributed by atoms with Gasteiger partial charge in [-0.3, -0.25) is 14.2 Å². The van der Waals surface area contributed by atoms with Crippen LogP contribution in [0.1, 0.15) is 77.6 Å². The first-order valence-corrected chi connectivity index (χ1v) is 21.2. The van der Waals surface area contributed by atoms with E-state index in [4.69, 9.17) is 21.3 Å². The van der Waals surface area contributed by atoms with Crippen LogP contribution in [0.2, 0.25) is 5.02 Å². The molecule has 2 aromatic carbocycles. The van der Waals surface area contributed by atoms with Crippen molar-refractivity contribution in [3.05, 3.63) is 98.7 Å². The summed E-state index contributed by atoms with van der Waals surface area (Å²) < 4.78 is 121. The minimum atomic E-state index is -3.56. The van der Waals surface area contributed by atoms with Gasteiger partial charge in [-0.05, 0) is 67.5 Å². The van der Waals surface area contributed by atoms with Crippen LogP contribution < -0.4 is 5.32 Å². The number of halogens is 7. The number of ether oxygens (including phenoxy) is 1. The summed E-state index contributed by atoms with van der Waals surface area (Å²) in [6.07, 6.45) is -2.68. The lowest BCUT2D eigenvalue weighted by Gasteiger charge is -2.29. The Labute approximate surface area is 340 Å². The zero-order valence-electron chi connectivity index (χ0n) is 31.9. The number of aromatic nitrogens is 5. The highest BCUT2D eigenvalue weighted by Crippen LogP contribution is 2.68. The molecule has 0 spiro atoms. The molecule has 4 atom stereocenters. The van der Waals surface area contributed by atoms with Crippen molar-refractivity contribution >= 4 is 38.1 Å². The van der Waals surface area contributed by atoms with E-state index in [1.165, 1.54) is 4.68 Å². The number of carbonyl (C=O) groups excluding carboxylic acids is 1. The molecule has 8 rings (SSSR count). The first-order valence-electron chi connectivity index (χ1n) is 18.8. The first-order chi connectivity index (χ1) is 27.8. The number of hydrogen-bond acceptors (Lipinski definition) is 8. The lowest BCUT2D eigenvalue weighted by molar-refractivity contribution is -0.120. The number of aryl methyl sites for hydroxylation is 1. The highest BCUT2D eigenvalue weighted by Gasteiger charge is 2.67. The zero-order valence-corrected chi connectivity index (χ0v) is 33.5. The molecule has 59 heavy (non-hydrogen) atoms. The van der Waals surface area contributed by atoms with Gasteiger partial charge in [0.05, 0.1) is 34.3 Å². The molecule has 1 saturated carbocycles. The molecule has 5 aromatic rings. The fourth-order valence-electron chi connectivity index (χ4n) is 8.47. The van der Waals surface area contributed by atoms with Crippen molar-refractivity contribution in [3.63, 3.8) is 0 Å². The summed E-state index contributed by atoms with van der Waals surface area (Å²) in [7, 11) is -1.96. The Balaban J connectivity index is 1.28. The summed E-state index contributed by atoms with van der Waals surface area (Å²) in [6.45, 7) is 2.51. The maximum atomic E-state index is 15.5. The quantitative estimate of drug-likeness (QED) is 0.110. The van der Waals surface area contributed by atoms with Crippen LogP contribution >= 0.6 is 11.6 Å². The molecule has 1 unspecified atom stereocenters. The maximum absolute atomic E-state index is 15.5. The number of benzene rings is 2. The van der Waals surface area contributed by atoms with E-state index in [-0.39, 0.29) is 46.1 Å². The van der Waals surface area contributed by atoms with Gasteiger partial charge >= 0.3 is 0 Å². The second-order valence-electron chi connectivity index (χ2n) is 15.7. The zero-order chi connectivity index (χ0) is 42.2. The van der Waals surface area contributed by atoms with Gasteiger partial charge in [-0.25, -0.2) is 31.0 Å². The Morgan fingerprint density at radius 1 is 1.08 bits per heavy atom. The lowest BCUT2D eigenvalue weighted by atomic mass is 9.86. The molecule has 18 heteroatoms. The van der Waals surface area contributed by atoms with E-state index in [1.807, 2.05) is 0 Å². The van der Waals surface area contributed by atoms with Crippen molar-refractivity contribution in [3.8, 4) is 23.0 Å². The van der Waals surface area contributed by atoms with Crippen molar-refractivity contribution in [2.24, 2.45) is 13.0 Å². The predicted molar refractivity (Wildman–Crippen MR) is 206 cm³/mol. The van der Waals surface area contributed by atoms with E-state index >= 15 is 8.78 Å². The summed E-state index contributed by atoms with van der Waals surface area (Å²) in [5.41, 5.74) is -0.501. The third-order valence-electron chi connectivity index (χ3n) is 11.0. The number of hydrogen-bond donors (Lipinski definition) is 1. The average molecular weight is 859 g/mol. The SMILES string of the molecule is Cn1nc(CS(C)(=O)=O)c2c(Cl)ccc(-c3ccc(C#CC4(C)CNCCO4)nc3[C@@H](CC(=O)Cn3nc(C(F)F)c4c3C(F)(F)[C@@H]3C[C@H]43)Cc3cc(F)cc(F)c3)c21. The van der Waals surface area contributed by atoms with Crippen molar-refractivity contribution in [1.29, 1.82) is 0 Å². The number of pyridine rings is 1. The van der Waals surface area contributed by atoms with Crippen LogP contribution in [0.5, 0.6) is 0 Å². The van der Waals surface area contributed by atoms with E-state index in [0.717, 1.165) is 18.4 Å². The topological polar surface area (TPSA) is 121 Å². The standard InChI is InChI=1S/C41H37ClF6N6O4S/c1-40(20-49-10-11-58-40)9-8-25-4-5-27(28-6-7-31(42)34-32(19-59(3,56)57)51-53(2)37(28)34)35(50-25)22(12-21-13-23(43)16-24(44)14-21)15-26(55)18-54-38-33(36(52-54)39(45)46)29-17-30(29)41(38,47)48/h4-7,13-14,16,22,29-30,39,49H,10-12,15,17-20H2,1-3H3/t22-,29+,30-,40?/m1/s1. The molecule has 1 aliphatic heterocycles. The Morgan fingerprint density at radius 2 is 1.81 bits per heavy atom. The molecule has 3 aliphatic rings. The number of Topliss-reactive ketones (excluding diaryl/α,β-unsaturated/α-hetero) is 1. The molecule has 2 aliphatic carbocycles. The van der Waals surface area contributed by atoms with Gasteiger partial charge in [0.2, 0.25) is 0 Å².